The summed E-state index contributed by atoms with van der Waals surface area (Å²) in [6.07, 6.45) is 1.87. The third-order valence-electron chi connectivity index (χ3n) is 3.62. The normalized spacial score (nSPS) is 12.5. The Morgan fingerprint density at radius 3 is 2.64 bits per heavy atom. The number of sulfone groups is 1. The van der Waals surface area contributed by atoms with Gasteiger partial charge in [0, 0.05) is 7.05 Å². The van der Waals surface area contributed by atoms with E-state index in [1.807, 2.05) is 0 Å². The second-order valence-corrected chi connectivity index (χ2v) is 9.19. The maximum atomic E-state index is 12.8. The lowest BCUT2D eigenvalue weighted by atomic mass is 10.2. The van der Waals surface area contributed by atoms with Crippen LogP contribution in [-0.2, 0) is 21.1 Å². The fourth-order valence-corrected chi connectivity index (χ4v) is 4.80. The van der Waals surface area contributed by atoms with Crippen molar-refractivity contribution in [1.29, 1.82) is 0 Å². The molecule has 22 heavy (non-hydrogen) atoms. The van der Waals surface area contributed by atoms with Crippen LogP contribution in [0.2, 0.25) is 0 Å². The van der Waals surface area contributed by atoms with Crippen molar-refractivity contribution >= 4 is 37.3 Å². The molecule has 2 rings (SSSR count). The first-order valence-corrected chi connectivity index (χ1v) is 9.40. The van der Waals surface area contributed by atoms with E-state index in [0.29, 0.717) is 0 Å². The number of carbonyl (C=O) groups excluding carboxylic acids is 1. The van der Waals surface area contributed by atoms with Crippen LogP contribution in [0.3, 0.4) is 0 Å². The van der Waals surface area contributed by atoms with E-state index in [-0.39, 0.29) is 4.90 Å². The van der Waals surface area contributed by atoms with Gasteiger partial charge in [-0.3, -0.25) is 4.79 Å². The molecule has 0 bridgehead atoms. The molecule has 1 amide bonds. The summed E-state index contributed by atoms with van der Waals surface area (Å²) in [7, 11) is -2.34. The number of rotatable bonds is 5. The summed E-state index contributed by atoms with van der Waals surface area (Å²) in [4.78, 5) is 16.5. The van der Waals surface area contributed by atoms with Crippen molar-refractivity contribution in [3.05, 3.63) is 23.2 Å². The van der Waals surface area contributed by atoms with E-state index < -0.39 is 20.5 Å². The molecule has 1 heterocycles. The number of fused-ring (bicyclic) bond motifs is 1. The van der Waals surface area contributed by atoms with Crippen molar-refractivity contribution in [1.82, 2.24) is 10.3 Å². The molecular formula is C15H20N2O3S2. The van der Waals surface area contributed by atoms with Gasteiger partial charge in [0.25, 0.3) is 0 Å². The molecule has 0 saturated carbocycles. The summed E-state index contributed by atoms with van der Waals surface area (Å²) in [5.74, 6) is -0.524. The zero-order valence-electron chi connectivity index (χ0n) is 13.1. The summed E-state index contributed by atoms with van der Waals surface area (Å²) in [6, 6.07) is 4.85. The third kappa shape index (κ3) is 2.75. The molecule has 7 heteroatoms. The monoisotopic (exact) mass is 340 g/mol. The topological polar surface area (TPSA) is 76.1 Å². The highest BCUT2D eigenvalue weighted by atomic mass is 32.2. The zero-order valence-corrected chi connectivity index (χ0v) is 14.8. The molecule has 0 aliphatic carbocycles. The van der Waals surface area contributed by atoms with E-state index in [1.54, 1.807) is 12.1 Å². The molecule has 0 saturated heterocycles. The molecule has 0 spiro atoms. The van der Waals surface area contributed by atoms with Crippen molar-refractivity contribution in [3.63, 3.8) is 0 Å². The number of carbonyl (C=O) groups is 1. The van der Waals surface area contributed by atoms with Crippen LogP contribution in [0.1, 0.15) is 32.2 Å². The fourth-order valence-electron chi connectivity index (χ4n) is 2.16. The molecule has 120 valence electrons. The minimum absolute atomic E-state index is 0.153. The number of hydrogen-bond donors (Lipinski definition) is 1. The largest absolute Gasteiger partial charge is 0.358 e. The molecular weight excluding hydrogens is 320 g/mol. The Balaban J connectivity index is 2.52. The van der Waals surface area contributed by atoms with Crippen LogP contribution in [0.4, 0.5) is 0 Å². The number of nitrogens with one attached hydrogen (secondary N) is 1. The number of nitrogens with zero attached hydrogens (tertiary/aromatic N) is 1. The van der Waals surface area contributed by atoms with Crippen LogP contribution in [0, 0.1) is 0 Å². The first-order chi connectivity index (χ1) is 10.2. The van der Waals surface area contributed by atoms with E-state index in [0.717, 1.165) is 28.1 Å². The van der Waals surface area contributed by atoms with Gasteiger partial charge < -0.3 is 5.32 Å². The number of aromatic nitrogens is 1. The average molecular weight is 340 g/mol. The number of aryl methyl sites for hydroxylation is 1. The molecule has 1 N–H and O–H groups in total. The summed E-state index contributed by atoms with van der Waals surface area (Å²) in [6.45, 7) is 4.91. The second-order valence-electron chi connectivity index (χ2n) is 5.58. The van der Waals surface area contributed by atoms with Gasteiger partial charge in [0.1, 0.15) is 4.75 Å². The fraction of sp³-hybridized carbons (Fsp3) is 0.467. The summed E-state index contributed by atoms with van der Waals surface area (Å²) in [5.41, 5.74) is 0.796. The summed E-state index contributed by atoms with van der Waals surface area (Å²) in [5, 5.41) is 3.41. The molecule has 1 aromatic carbocycles. The smallest absolute Gasteiger partial charge is 0.241 e. The van der Waals surface area contributed by atoms with Gasteiger partial charge in [0.15, 0.2) is 9.84 Å². The van der Waals surface area contributed by atoms with Crippen LogP contribution in [0.5, 0.6) is 0 Å². The lowest BCUT2D eigenvalue weighted by Crippen LogP contribution is -2.46. The van der Waals surface area contributed by atoms with Crippen LogP contribution >= 0.6 is 11.3 Å². The minimum atomic E-state index is -3.78. The molecule has 2 aromatic rings. The first-order valence-electron chi connectivity index (χ1n) is 7.10. The van der Waals surface area contributed by atoms with Crippen LogP contribution < -0.4 is 5.32 Å². The Kier molecular flexibility index (Phi) is 4.58. The lowest BCUT2D eigenvalue weighted by molar-refractivity contribution is -0.122. The van der Waals surface area contributed by atoms with Crippen LogP contribution in [-0.4, -0.2) is 31.1 Å². The Morgan fingerprint density at radius 1 is 1.36 bits per heavy atom. The van der Waals surface area contributed by atoms with E-state index in [4.69, 9.17) is 0 Å². The second kappa shape index (κ2) is 5.96. The quantitative estimate of drug-likeness (QED) is 0.907. The highest BCUT2D eigenvalue weighted by molar-refractivity contribution is 7.93. The van der Waals surface area contributed by atoms with Crippen LogP contribution in [0.25, 0.3) is 10.2 Å². The van der Waals surface area contributed by atoms with Gasteiger partial charge in [-0.2, -0.15) is 0 Å². The van der Waals surface area contributed by atoms with Gasteiger partial charge >= 0.3 is 0 Å². The predicted octanol–water partition coefficient (Wildman–Crippen LogP) is 2.55. The summed E-state index contributed by atoms with van der Waals surface area (Å²) < 4.78 is 24.8. The molecule has 0 unspecified atom stereocenters. The van der Waals surface area contributed by atoms with E-state index in [1.165, 1.54) is 38.3 Å². The molecule has 1 aromatic heterocycles. The maximum Gasteiger partial charge on any atom is 0.241 e. The van der Waals surface area contributed by atoms with E-state index in [9.17, 15) is 13.2 Å². The van der Waals surface area contributed by atoms with E-state index in [2.05, 4.69) is 17.2 Å². The molecule has 0 atom stereocenters. The van der Waals surface area contributed by atoms with Crippen molar-refractivity contribution < 1.29 is 13.2 Å². The van der Waals surface area contributed by atoms with Crippen molar-refractivity contribution in [3.8, 4) is 0 Å². The maximum absolute atomic E-state index is 12.8. The van der Waals surface area contributed by atoms with Crippen molar-refractivity contribution in [2.75, 3.05) is 7.05 Å². The predicted molar refractivity (Wildman–Crippen MR) is 88.9 cm³/mol. The Labute approximate surface area is 134 Å². The lowest BCUT2D eigenvalue weighted by Gasteiger charge is -2.22. The van der Waals surface area contributed by atoms with Crippen molar-refractivity contribution in [2.24, 2.45) is 0 Å². The van der Waals surface area contributed by atoms with Gasteiger partial charge in [0.05, 0.1) is 20.1 Å². The number of amides is 1. The highest BCUT2D eigenvalue weighted by Crippen LogP contribution is 2.30. The van der Waals surface area contributed by atoms with Gasteiger partial charge in [0.2, 0.25) is 5.91 Å². The Bertz CT molecular complexity index is 807. The molecule has 0 fully saturated rings. The SMILES string of the molecule is CCCc1nc2ccc(S(=O)(=O)C(C)(C)C(=O)NC)cc2s1. The molecule has 0 aliphatic heterocycles. The zero-order chi connectivity index (χ0) is 16.5. The first kappa shape index (κ1) is 16.9. The Morgan fingerprint density at radius 2 is 2.05 bits per heavy atom. The molecule has 0 radical (unpaired) electrons. The molecule has 0 aliphatic rings. The van der Waals surface area contributed by atoms with Gasteiger partial charge in [-0.05, 0) is 44.9 Å². The third-order valence-corrected chi connectivity index (χ3v) is 7.11. The van der Waals surface area contributed by atoms with Crippen LogP contribution in [0.15, 0.2) is 23.1 Å². The summed E-state index contributed by atoms with van der Waals surface area (Å²) >= 11 is 1.50. The average Bonchev–Trinajstić information content (AvgIpc) is 2.87. The number of thiazole rings is 1. The molecule has 5 nitrogen and oxygen atoms in total. The van der Waals surface area contributed by atoms with Gasteiger partial charge in [-0.1, -0.05) is 6.92 Å². The number of benzene rings is 1. The minimum Gasteiger partial charge on any atom is -0.358 e. The van der Waals surface area contributed by atoms with Crippen molar-refractivity contribution in [2.45, 2.75) is 43.3 Å². The Hall–Kier alpha value is -1.47. The standard InChI is InChI=1S/C15H20N2O3S2/c1-5-6-13-17-11-8-7-10(9-12(11)21-13)22(19,20)15(2,3)14(18)16-4/h7-9H,5-6H2,1-4H3,(H,16,18). The van der Waals surface area contributed by atoms with E-state index >= 15 is 0 Å². The van der Waals surface area contributed by atoms with Gasteiger partial charge in [-0.25, -0.2) is 13.4 Å². The number of hydrogen-bond acceptors (Lipinski definition) is 5. The van der Waals surface area contributed by atoms with Gasteiger partial charge in [-0.15, -0.1) is 11.3 Å². The highest BCUT2D eigenvalue weighted by Gasteiger charge is 2.42.